The third-order valence-corrected chi connectivity index (χ3v) is 2.60. The van der Waals surface area contributed by atoms with Gasteiger partial charge in [-0.3, -0.25) is 4.79 Å². The molecule has 88 valence electrons. The minimum Gasteiger partial charge on any atom is -0.496 e. The molecule has 0 spiro atoms. The first-order valence-electron chi connectivity index (χ1n) is 5.04. The Morgan fingerprint density at radius 3 is 2.69 bits per heavy atom. The lowest BCUT2D eigenvalue weighted by Gasteiger charge is -2.17. The normalized spacial score (nSPS) is 12.3. The van der Waals surface area contributed by atoms with E-state index in [4.69, 9.17) is 22.1 Å². The van der Waals surface area contributed by atoms with Crippen molar-refractivity contribution in [2.45, 2.75) is 26.3 Å². The standard InChI is InChI=1S/C12H16ClNO2/c1-7-4-9(13)6-10(12(7)16-3)11(14)5-8(2)15/h4,6,11H,5,14H2,1-3H3. The summed E-state index contributed by atoms with van der Waals surface area (Å²) in [6, 6.07) is 3.19. The number of ether oxygens (including phenoxy) is 1. The molecule has 0 saturated carbocycles. The number of carbonyl (C=O) groups is 1. The zero-order valence-electron chi connectivity index (χ0n) is 9.71. The van der Waals surface area contributed by atoms with Gasteiger partial charge in [-0.1, -0.05) is 11.6 Å². The van der Waals surface area contributed by atoms with Gasteiger partial charge in [-0.25, -0.2) is 0 Å². The molecule has 0 amide bonds. The summed E-state index contributed by atoms with van der Waals surface area (Å²) in [5, 5.41) is 0.604. The number of ketones is 1. The van der Waals surface area contributed by atoms with E-state index in [2.05, 4.69) is 0 Å². The monoisotopic (exact) mass is 241 g/mol. The number of nitrogens with two attached hydrogens (primary N) is 1. The minimum atomic E-state index is -0.371. The van der Waals surface area contributed by atoms with Gasteiger partial charge in [0, 0.05) is 23.0 Å². The predicted molar refractivity (Wildman–Crippen MR) is 65.0 cm³/mol. The van der Waals surface area contributed by atoms with E-state index < -0.39 is 0 Å². The molecule has 16 heavy (non-hydrogen) atoms. The fourth-order valence-electron chi connectivity index (χ4n) is 1.73. The molecule has 1 rings (SSSR count). The Morgan fingerprint density at radius 1 is 1.56 bits per heavy atom. The molecule has 1 aromatic rings. The summed E-state index contributed by atoms with van der Waals surface area (Å²) >= 11 is 5.96. The van der Waals surface area contributed by atoms with Crippen LogP contribution < -0.4 is 10.5 Å². The lowest BCUT2D eigenvalue weighted by Crippen LogP contribution is -2.15. The zero-order chi connectivity index (χ0) is 12.3. The molecule has 1 aromatic carbocycles. The Hall–Kier alpha value is -1.06. The molecule has 1 atom stereocenters. The molecule has 0 saturated heterocycles. The number of carbonyl (C=O) groups excluding carboxylic acids is 1. The molecule has 0 aliphatic rings. The van der Waals surface area contributed by atoms with Crippen molar-refractivity contribution in [3.05, 3.63) is 28.3 Å². The molecular weight excluding hydrogens is 226 g/mol. The molecule has 0 aromatic heterocycles. The third kappa shape index (κ3) is 2.97. The van der Waals surface area contributed by atoms with Crippen LogP contribution in [-0.4, -0.2) is 12.9 Å². The first-order valence-corrected chi connectivity index (χ1v) is 5.42. The minimum absolute atomic E-state index is 0.0483. The smallest absolute Gasteiger partial charge is 0.131 e. The highest BCUT2D eigenvalue weighted by molar-refractivity contribution is 6.30. The van der Waals surface area contributed by atoms with Crippen LogP contribution in [0, 0.1) is 6.92 Å². The Kier molecular flexibility index (Phi) is 4.33. The average molecular weight is 242 g/mol. The van der Waals surface area contributed by atoms with Crippen molar-refractivity contribution in [2.75, 3.05) is 7.11 Å². The SMILES string of the molecule is COc1c(C)cc(Cl)cc1C(N)CC(C)=O. The molecule has 0 heterocycles. The van der Waals surface area contributed by atoms with Crippen molar-refractivity contribution >= 4 is 17.4 Å². The van der Waals surface area contributed by atoms with Gasteiger partial charge in [0.05, 0.1) is 7.11 Å². The van der Waals surface area contributed by atoms with Crippen molar-refractivity contribution in [1.82, 2.24) is 0 Å². The van der Waals surface area contributed by atoms with Crippen LogP contribution in [0.3, 0.4) is 0 Å². The van der Waals surface area contributed by atoms with E-state index in [0.29, 0.717) is 10.8 Å². The van der Waals surface area contributed by atoms with Gasteiger partial charge in [-0.15, -0.1) is 0 Å². The van der Waals surface area contributed by atoms with E-state index in [1.165, 1.54) is 6.92 Å². The number of methoxy groups -OCH3 is 1. The predicted octanol–water partition coefficient (Wildman–Crippen LogP) is 2.64. The maximum atomic E-state index is 11.0. The molecule has 0 aliphatic carbocycles. The molecule has 1 unspecified atom stereocenters. The van der Waals surface area contributed by atoms with E-state index in [1.54, 1.807) is 13.2 Å². The lowest BCUT2D eigenvalue weighted by atomic mass is 9.99. The number of Topliss-reactive ketones (excluding diaryl/α,β-unsaturated/α-hetero) is 1. The second-order valence-electron chi connectivity index (χ2n) is 3.86. The Labute approximate surface area is 101 Å². The first kappa shape index (κ1) is 13.0. The maximum Gasteiger partial charge on any atom is 0.131 e. The Balaban J connectivity index is 3.15. The van der Waals surface area contributed by atoms with Gasteiger partial charge >= 0.3 is 0 Å². The fraction of sp³-hybridized carbons (Fsp3) is 0.417. The van der Waals surface area contributed by atoms with Gasteiger partial charge in [0.15, 0.2) is 0 Å². The van der Waals surface area contributed by atoms with Gasteiger partial charge in [-0.2, -0.15) is 0 Å². The number of hydrogen-bond donors (Lipinski definition) is 1. The van der Waals surface area contributed by atoms with Crippen molar-refractivity contribution in [1.29, 1.82) is 0 Å². The van der Waals surface area contributed by atoms with Gasteiger partial charge in [-0.05, 0) is 31.5 Å². The highest BCUT2D eigenvalue weighted by atomic mass is 35.5. The Morgan fingerprint density at radius 2 is 2.19 bits per heavy atom. The summed E-state index contributed by atoms with van der Waals surface area (Å²) in [4.78, 5) is 11.0. The van der Waals surface area contributed by atoms with Gasteiger partial charge < -0.3 is 10.5 Å². The van der Waals surface area contributed by atoms with E-state index in [0.717, 1.165) is 11.1 Å². The zero-order valence-corrected chi connectivity index (χ0v) is 10.5. The van der Waals surface area contributed by atoms with Crippen LogP contribution in [-0.2, 0) is 4.79 Å². The molecular formula is C12H16ClNO2. The lowest BCUT2D eigenvalue weighted by molar-refractivity contribution is -0.117. The van der Waals surface area contributed by atoms with Crippen LogP contribution in [0.5, 0.6) is 5.75 Å². The summed E-state index contributed by atoms with van der Waals surface area (Å²) in [5.74, 6) is 0.755. The molecule has 3 nitrogen and oxygen atoms in total. The van der Waals surface area contributed by atoms with E-state index in [-0.39, 0.29) is 18.2 Å². The summed E-state index contributed by atoms with van der Waals surface area (Å²) in [7, 11) is 1.58. The number of halogens is 1. The van der Waals surface area contributed by atoms with Crippen molar-refractivity contribution in [2.24, 2.45) is 5.73 Å². The van der Waals surface area contributed by atoms with Crippen molar-refractivity contribution in [3.8, 4) is 5.75 Å². The van der Waals surface area contributed by atoms with Gasteiger partial charge in [0.1, 0.15) is 11.5 Å². The van der Waals surface area contributed by atoms with Crippen LogP contribution in [0.15, 0.2) is 12.1 Å². The average Bonchev–Trinajstić information content (AvgIpc) is 2.15. The summed E-state index contributed by atoms with van der Waals surface area (Å²) in [5.41, 5.74) is 7.65. The van der Waals surface area contributed by atoms with Crippen molar-refractivity contribution < 1.29 is 9.53 Å². The molecule has 0 radical (unpaired) electrons. The maximum absolute atomic E-state index is 11.0. The third-order valence-electron chi connectivity index (χ3n) is 2.38. The first-order chi connectivity index (χ1) is 7.45. The highest BCUT2D eigenvalue weighted by Gasteiger charge is 2.16. The quantitative estimate of drug-likeness (QED) is 0.882. The molecule has 0 fully saturated rings. The number of hydrogen-bond acceptors (Lipinski definition) is 3. The second kappa shape index (κ2) is 5.32. The summed E-state index contributed by atoms with van der Waals surface area (Å²) < 4.78 is 5.28. The molecule has 0 aliphatic heterocycles. The number of rotatable bonds is 4. The van der Waals surface area contributed by atoms with Crippen molar-refractivity contribution in [3.63, 3.8) is 0 Å². The summed E-state index contributed by atoms with van der Waals surface area (Å²) in [6.07, 6.45) is 0.288. The van der Waals surface area contributed by atoms with Gasteiger partial charge in [0.25, 0.3) is 0 Å². The van der Waals surface area contributed by atoms with Crippen LogP contribution in [0.25, 0.3) is 0 Å². The molecule has 2 N–H and O–H groups in total. The molecule has 4 heteroatoms. The highest BCUT2D eigenvalue weighted by Crippen LogP contribution is 2.32. The van der Waals surface area contributed by atoms with E-state index >= 15 is 0 Å². The number of benzene rings is 1. The second-order valence-corrected chi connectivity index (χ2v) is 4.29. The largest absolute Gasteiger partial charge is 0.496 e. The van der Waals surface area contributed by atoms with E-state index in [1.807, 2.05) is 13.0 Å². The van der Waals surface area contributed by atoms with Crippen LogP contribution in [0.1, 0.15) is 30.5 Å². The Bertz CT molecular complexity index is 404. The van der Waals surface area contributed by atoms with Crippen LogP contribution >= 0.6 is 11.6 Å². The fourth-order valence-corrected chi connectivity index (χ4v) is 2.01. The topological polar surface area (TPSA) is 52.3 Å². The molecule has 0 bridgehead atoms. The van der Waals surface area contributed by atoms with Crippen LogP contribution in [0.4, 0.5) is 0 Å². The van der Waals surface area contributed by atoms with E-state index in [9.17, 15) is 4.79 Å². The van der Waals surface area contributed by atoms with Crippen LogP contribution in [0.2, 0.25) is 5.02 Å². The summed E-state index contributed by atoms with van der Waals surface area (Å²) in [6.45, 7) is 3.42. The van der Waals surface area contributed by atoms with Gasteiger partial charge in [0.2, 0.25) is 0 Å². The number of aryl methyl sites for hydroxylation is 1.